The van der Waals surface area contributed by atoms with Gasteiger partial charge in [-0.1, -0.05) is 20.8 Å². The third kappa shape index (κ3) is 10.0. The monoisotopic (exact) mass is 757 g/mol. The highest BCUT2D eigenvalue weighted by Crippen LogP contribution is 2.62. The summed E-state index contributed by atoms with van der Waals surface area (Å²) < 4.78 is 82.8. The second kappa shape index (κ2) is 14.1. The predicted octanol–water partition coefficient (Wildman–Crippen LogP) is 1.20. The number of nitrogen functional groups attached to an aromatic ring is 1. The largest absolute Gasteiger partial charge is 0.476 e. The molecule has 2 aromatic heterocycles. The van der Waals surface area contributed by atoms with Gasteiger partial charge in [0.2, 0.25) is 5.95 Å². The molecule has 1 fully saturated rings. The molecule has 29 heteroatoms. The molecule has 3 rings (SSSR count). The number of anilines is 1. The molecule has 1 aliphatic heterocycles. The Morgan fingerprint density at radius 1 is 1.06 bits per heavy atom. The topological polar surface area (TPSA) is 342 Å². The van der Waals surface area contributed by atoms with Crippen LogP contribution in [-0.4, -0.2) is 86.3 Å². The van der Waals surface area contributed by atoms with Crippen LogP contribution in [0.1, 0.15) is 27.0 Å². The van der Waals surface area contributed by atoms with Gasteiger partial charge in [0.05, 0.1) is 12.9 Å². The van der Waals surface area contributed by atoms with Gasteiger partial charge in [-0.3, -0.25) is 23.5 Å². The van der Waals surface area contributed by atoms with Crippen LogP contribution in [0.25, 0.3) is 11.2 Å². The number of nitrogens with zero attached hydrogens (tertiary/aromatic N) is 5. The zero-order valence-corrected chi connectivity index (χ0v) is 29.7. The molecule has 0 amide bonds. The Labute approximate surface area is 268 Å². The van der Waals surface area contributed by atoms with Crippen LogP contribution in [0.4, 0.5) is 5.95 Å². The summed E-state index contributed by atoms with van der Waals surface area (Å²) in [5.41, 5.74) is 4.61. The Morgan fingerprint density at radius 2 is 1.62 bits per heavy atom. The summed E-state index contributed by atoms with van der Waals surface area (Å²) in [5.74, 6) is 2.28. The van der Waals surface area contributed by atoms with Crippen molar-refractivity contribution in [2.24, 2.45) is 0 Å². The van der Waals surface area contributed by atoms with Crippen LogP contribution in [0, 0.1) is 22.5 Å². The van der Waals surface area contributed by atoms with Gasteiger partial charge in [-0.25, -0.2) is 33.3 Å². The number of phosphoric acid groups is 2. The highest BCUT2D eigenvalue weighted by Gasteiger charge is 2.55. The fourth-order valence-electron chi connectivity index (χ4n) is 3.91. The zero-order chi connectivity index (χ0) is 35.8. The van der Waals surface area contributed by atoms with Gasteiger partial charge in [0.25, 0.3) is 5.56 Å². The summed E-state index contributed by atoms with van der Waals surface area (Å²) in [6, 6.07) is 0. The second-order valence-corrected chi connectivity index (χ2v) is 22.5. The zero-order valence-electron chi connectivity index (χ0n) is 25.1. The summed E-state index contributed by atoms with van der Waals surface area (Å²) >= 11 is 0. The van der Waals surface area contributed by atoms with Gasteiger partial charge >= 0.3 is 44.6 Å². The molecule has 6 atom stereocenters. The Bertz CT molecular complexity index is 1830. The van der Waals surface area contributed by atoms with E-state index in [9.17, 15) is 47.9 Å². The third-order valence-corrected chi connectivity index (χ3v) is 16.7. The lowest BCUT2D eigenvalue weighted by atomic mass is 10.1. The van der Waals surface area contributed by atoms with Crippen molar-refractivity contribution in [3.63, 3.8) is 0 Å². The second-order valence-electron chi connectivity index (χ2n) is 11.3. The summed E-state index contributed by atoms with van der Waals surface area (Å²) in [4.78, 5) is 60.2. The van der Waals surface area contributed by atoms with Gasteiger partial charge in [-0.05, 0) is 18.1 Å². The normalized spacial score (nSPS) is 23.4. The number of nitriles is 2. The lowest BCUT2D eigenvalue weighted by molar-refractivity contribution is -0.0455. The maximum absolute atomic E-state index is 13.5. The number of nitrogens with two attached hydrogens (primary N) is 1. The molecule has 3 heterocycles. The first-order valence-electron chi connectivity index (χ1n) is 12.9. The standard InChI is InChI=1S/C18H29B2N7O15P4Si/c1-18(2,3)47(4,5)40-13-12(39-44(30,20-8-22)42-46(34,35)36)10(6-37-43(29,19-7-21)41-45(31,32)33)38-16(13)27-9-24-11-14(27)25-17(23)26-15(11)28/h9-10,12-13,16H,6H2,1-5H3,(H2,31,32,33)(H2,34,35,36)(H3,23,25,26,28). The van der Waals surface area contributed by atoms with Gasteiger partial charge in [0.1, 0.15) is 18.3 Å². The number of aromatic nitrogens is 4. The van der Waals surface area contributed by atoms with Crippen LogP contribution < -0.4 is 11.3 Å². The maximum atomic E-state index is 13.5. The maximum Gasteiger partial charge on any atom is 0.476 e. The van der Waals surface area contributed by atoms with E-state index in [-0.39, 0.29) is 31.1 Å². The Balaban J connectivity index is 2.24. The molecule has 2 radical (unpaired) electrons. The smallest absolute Gasteiger partial charge is 0.407 e. The van der Waals surface area contributed by atoms with E-state index in [1.54, 1.807) is 13.1 Å². The van der Waals surface area contributed by atoms with Crippen LogP contribution in [-0.2, 0) is 45.1 Å². The third-order valence-electron chi connectivity index (χ3n) is 6.81. The summed E-state index contributed by atoms with van der Waals surface area (Å²) in [7, 11) is -24.3. The quantitative estimate of drug-likeness (QED) is 0.116. The minimum atomic E-state index is -5.61. The predicted molar refractivity (Wildman–Crippen MR) is 164 cm³/mol. The molecule has 2 aromatic rings. The summed E-state index contributed by atoms with van der Waals surface area (Å²) in [5, 5.41) is 17.7. The molecule has 6 unspecified atom stereocenters. The minimum absolute atomic E-state index is 0.160. The van der Waals surface area contributed by atoms with E-state index in [0.29, 0.717) is 0 Å². The molecule has 1 aliphatic rings. The van der Waals surface area contributed by atoms with Crippen molar-refractivity contribution in [1.82, 2.24) is 19.5 Å². The van der Waals surface area contributed by atoms with Crippen molar-refractivity contribution in [2.45, 2.75) is 63.4 Å². The fourth-order valence-corrected chi connectivity index (χ4v) is 9.65. The molecule has 7 N–H and O–H groups in total. The molecule has 0 bridgehead atoms. The average molecular weight is 757 g/mol. The minimum Gasteiger partial charge on any atom is -0.407 e. The van der Waals surface area contributed by atoms with Crippen molar-refractivity contribution in [3.05, 3.63) is 16.7 Å². The summed E-state index contributed by atoms with van der Waals surface area (Å²) in [6.07, 6.45) is -5.45. The lowest BCUT2D eigenvalue weighted by Crippen LogP contribution is -2.49. The van der Waals surface area contributed by atoms with Crippen LogP contribution in [0.2, 0.25) is 18.1 Å². The Kier molecular flexibility index (Phi) is 11.8. The Hall–Kier alpha value is -2.00. The average Bonchev–Trinajstić information content (AvgIpc) is 3.41. The molecule has 0 aliphatic carbocycles. The number of nitrogens with one attached hydrogen (secondary N) is 1. The van der Waals surface area contributed by atoms with E-state index in [1.807, 2.05) is 20.8 Å². The first kappa shape index (κ1) is 39.4. The van der Waals surface area contributed by atoms with E-state index >= 15 is 0 Å². The van der Waals surface area contributed by atoms with E-state index in [4.69, 9.17) is 29.2 Å². The van der Waals surface area contributed by atoms with Crippen molar-refractivity contribution in [1.29, 1.82) is 10.5 Å². The van der Waals surface area contributed by atoms with E-state index in [2.05, 4.69) is 23.6 Å². The molecule has 1 saturated heterocycles. The highest BCUT2D eigenvalue weighted by atomic mass is 31.3. The number of rotatable bonds is 14. The number of hydrogen-bond acceptors (Lipinski definition) is 16. The van der Waals surface area contributed by atoms with Crippen LogP contribution in [0.15, 0.2) is 11.1 Å². The number of ether oxygens (including phenoxy) is 1. The van der Waals surface area contributed by atoms with Crippen LogP contribution in [0.3, 0.4) is 0 Å². The van der Waals surface area contributed by atoms with Gasteiger partial charge < -0.3 is 43.5 Å². The Morgan fingerprint density at radius 3 is 2.15 bits per heavy atom. The van der Waals surface area contributed by atoms with Crippen molar-refractivity contribution >= 4 is 70.0 Å². The molecule has 47 heavy (non-hydrogen) atoms. The number of H-pyrrole nitrogens is 1. The molecular weight excluding hydrogens is 728 g/mol. The van der Waals surface area contributed by atoms with Crippen LogP contribution >= 0.6 is 30.6 Å². The molecular formula is C18H29B2N7O15P4Si. The van der Waals surface area contributed by atoms with E-state index in [1.165, 1.54) is 11.9 Å². The van der Waals surface area contributed by atoms with Gasteiger partial charge in [-0.15, -0.1) is 0 Å². The lowest BCUT2D eigenvalue weighted by Gasteiger charge is -2.41. The van der Waals surface area contributed by atoms with Crippen molar-refractivity contribution < 1.29 is 64.7 Å². The van der Waals surface area contributed by atoms with Gasteiger partial charge in [0.15, 0.2) is 25.7 Å². The molecule has 22 nitrogen and oxygen atoms in total. The van der Waals surface area contributed by atoms with Crippen LogP contribution in [0.5, 0.6) is 0 Å². The molecule has 0 spiro atoms. The first-order valence-corrected chi connectivity index (χ1v) is 22.1. The van der Waals surface area contributed by atoms with E-state index in [0.717, 1.165) is 10.9 Å². The van der Waals surface area contributed by atoms with Gasteiger partial charge in [-0.2, -0.15) is 4.98 Å². The summed E-state index contributed by atoms with van der Waals surface area (Å²) in [6.45, 7) is 8.38. The number of hydrogen-bond donors (Lipinski definition) is 6. The van der Waals surface area contributed by atoms with E-state index < -0.39 is 80.7 Å². The number of fused-ring (bicyclic) bond motifs is 1. The number of imidazole rings is 1. The molecule has 0 saturated carbocycles. The first-order chi connectivity index (χ1) is 21.3. The highest BCUT2D eigenvalue weighted by molar-refractivity contribution is 7.88. The van der Waals surface area contributed by atoms with Gasteiger partial charge in [0, 0.05) is 11.9 Å². The SMILES string of the molecule is CC(C)(C)[Si](C)(C)OC1C(OP(=O)([B]C#N)OP(=O)(O)O)C(COP(=O)([B]C#N)OP(=O)(O)O)OC1n1cnc2c(=O)[nH]c(N)nc21. The molecule has 0 aromatic carbocycles. The fraction of sp³-hybridized carbons (Fsp3) is 0.611. The number of aromatic amines is 1. The molecule has 256 valence electrons. The van der Waals surface area contributed by atoms with Crippen molar-refractivity contribution in [3.8, 4) is 11.9 Å². The van der Waals surface area contributed by atoms with Crippen molar-refractivity contribution in [2.75, 3.05) is 12.3 Å².